The molecule has 0 amide bonds. The number of aromatic amines is 1. The van der Waals surface area contributed by atoms with Crippen LogP contribution in [0.3, 0.4) is 0 Å². The lowest BCUT2D eigenvalue weighted by atomic mass is 10.1. The Bertz CT molecular complexity index is 695. The molecule has 0 fully saturated rings. The fraction of sp³-hybridized carbons (Fsp3) is 0.375. The number of carbonyl (C=O) groups is 2. The second-order valence-corrected chi connectivity index (χ2v) is 5.52. The molecule has 2 aromatic rings. The number of benzene rings is 1. The van der Waals surface area contributed by atoms with Gasteiger partial charge in [0.25, 0.3) is 0 Å². The number of nitrogens with one attached hydrogen (secondary N) is 1. The number of nitrogens with zero attached hydrogens (tertiary/aromatic N) is 1. The third-order valence-electron chi connectivity index (χ3n) is 3.25. The smallest absolute Gasteiger partial charge is 0.333 e. The van der Waals surface area contributed by atoms with Gasteiger partial charge < -0.3 is 30.3 Å². The Kier molecular flexibility index (Phi) is 7.22. The lowest BCUT2D eigenvalue weighted by molar-refractivity contribution is -0.152. The molecule has 0 aliphatic carbocycles. The predicted octanol–water partition coefficient (Wildman–Crippen LogP) is 0.884. The zero-order valence-electron chi connectivity index (χ0n) is 13.6. The number of phenols is 1. The quantitative estimate of drug-likeness (QED) is 0.528. The van der Waals surface area contributed by atoms with Gasteiger partial charge in [-0.15, -0.1) is 0 Å². The molecular weight excluding hydrogens is 316 g/mol. The van der Waals surface area contributed by atoms with Gasteiger partial charge in [0, 0.05) is 23.6 Å². The van der Waals surface area contributed by atoms with Crippen LogP contribution in [-0.4, -0.2) is 69.0 Å². The number of aliphatic carboxylic acids is 2. The second kappa shape index (κ2) is 8.90. The van der Waals surface area contributed by atoms with E-state index in [2.05, 4.69) is 24.0 Å². The zero-order chi connectivity index (χ0) is 18.3. The van der Waals surface area contributed by atoms with Crippen molar-refractivity contribution in [3.63, 3.8) is 0 Å². The Labute approximate surface area is 139 Å². The van der Waals surface area contributed by atoms with Crippen molar-refractivity contribution < 1.29 is 30.0 Å². The van der Waals surface area contributed by atoms with E-state index in [4.69, 9.17) is 15.3 Å². The van der Waals surface area contributed by atoms with Gasteiger partial charge in [0.05, 0.1) is 6.42 Å². The van der Waals surface area contributed by atoms with E-state index >= 15 is 0 Å². The Balaban J connectivity index is 0.000000277. The summed E-state index contributed by atoms with van der Waals surface area (Å²) >= 11 is 0. The third-order valence-corrected chi connectivity index (χ3v) is 3.25. The Morgan fingerprint density at radius 3 is 2.42 bits per heavy atom. The monoisotopic (exact) mass is 338 g/mol. The van der Waals surface area contributed by atoms with Gasteiger partial charge in [0.1, 0.15) is 5.75 Å². The van der Waals surface area contributed by atoms with Gasteiger partial charge in [0.2, 0.25) is 0 Å². The van der Waals surface area contributed by atoms with E-state index in [-0.39, 0.29) is 0 Å². The number of H-pyrrole nitrogens is 1. The molecule has 1 heterocycles. The number of aliphatic hydroxyl groups excluding tert-OH is 1. The molecule has 5 N–H and O–H groups in total. The fourth-order valence-corrected chi connectivity index (χ4v) is 2.03. The molecule has 0 aliphatic heterocycles. The van der Waals surface area contributed by atoms with Gasteiger partial charge in [-0.05, 0) is 38.2 Å². The number of carboxylic acid groups (broad SMARTS) is 2. The minimum absolute atomic E-state index is 0.363. The first kappa shape index (κ1) is 19.5. The highest BCUT2D eigenvalue weighted by atomic mass is 16.4. The molecule has 0 bridgehead atoms. The summed E-state index contributed by atoms with van der Waals surface area (Å²) in [6.07, 6.45) is 0.385. The molecule has 132 valence electrons. The van der Waals surface area contributed by atoms with Crippen molar-refractivity contribution in [2.24, 2.45) is 0 Å². The zero-order valence-corrected chi connectivity index (χ0v) is 13.6. The maximum absolute atomic E-state index is 9.77. The van der Waals surface area contributed by atoms with Crippen LogP contribution in [0.25, 0.3) is 10.9 Å². The van der Waals surface area contributed by atoms with Crippen LogP contribution in [-0.2, 0) is 16.0 Å². The second-order valence-electron chi connectivity index (χ2n) is 5.52. The van der Waals surface area contributed by atoms with Gasteiger partial charge in [-0.3, -0.25) is 4.79 Å². The Hall–Kier alpha value is -2.58. The van der Waals surface area contributed by atoms with Crippen LogP contribution >= 0.6 is 0 Å². The van der Waals surface area contributed by atoms with Gasteiger partial charge in [-0.1, -0.05) is 6.07 Å². The number of phenolic OH excluding ortho intramolecular Hbond substituents is 1. The standard InChI is InChI=1S/C12H16N2O.C4H6O5/c1-14(2)7-6-9-8-13-10-4-3-5-11(15)12(9)10;5-2(4(8)9)1-3(6)7/h3-5,8,13,15H,6-7H2,1-2H3;2,5H,1H2,(H,6,7)(H,8,9). The number of hydrogen-bond acceptors (Lipinski definition) is 5. The van der Waals surface area contributed by atoms with Crippen LogP contribution in [0.1, 0.15) is 12.0 Å². The molecule has 8 nitrogen and oxygen atoms in total. The molecule has 0 aliphatic rings. The van der Waals surface area contributed by atoms with E-state index < -0.39 is 24.5 Å². The molecule has 1 atom stereocenters. The van der Waals surface area contributed by atoms with Crippen molar-refractivity contribution in [3.8, 4) is 5.75 Å². The Morgan fingerprint density at radius 2 is 1.92 bits per heavy atom. The summed E-state index contributed by atoms with van der Waals surface area (Å²) in [5.41, 5.74) is 2.18. The first-order valence-electron chi connectivity index (χ1n) is 7.27. The summed E-state index contributed by atoms with van der Waals surface area (Å²) in [6.45, 7) is 0.987. The first-order valence-corrected chi connectivity index (χ1v) is 7.27. The molecule has 0 spiro atoms. The molecule has 2 rings (SSSR count). The summed E-state index contributed by atoms with van der Waals surface area (Å²) in [5.74, 6) is -2.48. The number of fused-ring (bicyclic) bond motifs is 1. The van der Waals surface area contributed by atoms with E-state index in [0.717, 1.165) is 23.9 Å². The van der Waals surface area contributed by atoms with Gasteiger partial charge in [0.15, 0.2) is 6.10 Å². The molecular formula is C16H22N2O6. The lowest BCUT2D eigenvalue weighted by Gasteiger charge is -2.08. The average molecular weight is 338 g/mol. The molecule has 1 aromatic heterocycles. The van der Waals surface area contributed by atoms with Crippen molar-refractivity contribution in [1.29, 1.82) is 0 Å². The van der Waals surface area contributed by atoms with Crippen LogP contribution in [0.15, 0.2) is 24.4 Å². The van der Waals surface area contributed by atoms with Crippen LogP contribution in [0.5, 0.6) is 5.75 Å². The SMILES string of the molecule is CN(C)CCc1c[nH]c2cccc(O)c12.O=C(O)CC(O)C(=O)O. The summed E-state index contributed by atoms with van der Waals surface area (Å²) in [4.78, 5) is 24.7. The normalized spacial score (nSPS) is 11.8. The number of likely N-dealkylation sites (N-methyl/N-ethyl adjacent to an activating group) is 1. The molecule has 0 saturated heterocycles. The van der Waals surface area contributed by atoms with Gasteiger partial charge >= 0.3 is 11.9 Å². The lowest BCUT2D eigenvalue weighted by Crippen LogP contribution is -2.22. The van der Waals surface area contributed by atoms with Crippen LogP contribution in [0, 0.1) is 0 Å². The number of hydrogen-bond donors (Lipinski definition) is 5. The van der Waals surface area contributed by atoms with E-state index in [9.17, 15) is 14.7 Å². The number of aromatic nitrogens is 1. The minimum Gasteiger partial charge on any atom is -0.507 e. The number of aliphatic hydroxyl groups is 1. The van der Waals surface area contributed by atoms with E-state index in [1.165, 1.54) is 5.56 Å². The molecule has 0 saturated carbocycles. The maximum atomic E-state index is 9.77. The van der Waals surface area contributed by atoms with Crippen molar-refractivity contribution in [3.05, 3.63) is 30.0 Å². The summed E-state index contributed by atoms with van der Waals surface area (Å²) < 4.78 is 0. The summed E-state index contributed by atoms with van der Waals surface area (Å²) in [6, 6.07) is 5.56. The highest BCUT2D eigenvalue weighted by molar-refractivity contribution is 5.89. The molecule has 24 heavy (non-hydrogen) atoms. The fourth-order valence-electron chi connectivity index (χ4n) is 2.03. The first-order chi connectivity index (χ1) is 11.2. The van der Waals surface area contributed by atoms with Crippen molar-refractivity contribution >= 4 is 22.8 Å². The van der Waals surface area contributed by atoms with Gasteiger partial charge in [-0.2, -0.15) is 0 Å². The highest BCUT2D eigenvalue weighted by Crippen LogP contribution is 2.27. The highest BCUT2D eigenvalue weighted by Gasteiger charge is 2.16. The van der Waals surface area contributed by atoms with Gasteiger partial charge in [-0.25, -0.2) is 4.79 Å². The van der Waals surface area contributed by atoms with E-state index in [1.807, 2.05) is 18.3 Å². The van der Waals surface area contributed by atoms with Crippen LogP contribution in [0.2, 0.25) is 0 Å². The van der Waals surface area contributed by atoms with Crippen LogP contribution < -0.4 is 0 Å². The van der Waals surface area contributed by atoms with Crippen molar-refractivity contribution in [2.75, 3.05) is 20.6 Å². The van der Waals surface area contributed by atoms with E-state index in [0.29, 0.717) is 5.75 Å². The molecule has 0 radical (unpaired) electrons. The largest absolute Gasteiger partial charge is 0.507 e. The Morgan fingerprint density at radius 1 is 1.25 bits per heavy atom. The number of carboxylic acids is 2. The predicted molar refractivity (Wildman–Crippen MR) is 88.1 cm³/mol. The van der Waals surface area contributed by atoms with Crippen molar-refractivity contribution in [2.45, 2.75) is 18.9 Å². The molecule has 1 unspecified atom stereocenters. The van der Waals surface area contributed by atoms with E-state index in [1.54, 1.807) is 6.07 Å². The maximum Gasteiger partial charge on any atom is 0.333 e. The summed E-state index contributed by atoms with van der Waals surface area (Å²) in [7, 11) is 4.10. The third kappa shape index (κ3) is 5.90. The number of rotatable bonds is 6. The molecule has 8 heteroatoms. The minimum atomic E-state index is -1.79. The topological polar surface area (TPSA) is 134 Å². The average Bonchev–Trinajstić information content (AvgIpc) is 2.89. The van der Waals surface area contributed by atoms with Crippen LogP contribution in [0.4, 0.5) is 0 Å². The molecule has 1 aromatic carbocycles. The number of aromatic hydroxyl groups is 1. The van der Waals surface area contributed by atoms with Crippen molar-refractivity contribution in [1.82, 2.24) is 9.88 Å². The summed E-state index contributed by atoms with van der Waals surface area (Å²) in [5, 5.41) is 34.9.